The van der Waals surface area contributed by atoms with Crippen LogP contribution in [0.1, 0.15) is 38.5 Å². The van der Waals surface area contributed by atoms with Crippen LogP contribution in [0.3, 0.4) is 0 Å². The first-order valence-corrected chi connectivity index (χ1v) is 13.7. The van der Waals surface area contributed by atoms with E-state index in [-0.39, 0.29) is 18.4 Å². The Morgan fingerprint density at radius 2 is 1.84 bits per heavy atom. The fourth-order valence-electron chi connectivity index (χ4n) is 6.38. The van der Waals surface area contributed by atoms with E-state index in [0.29, 0.717) is 50.1 Å². The number of aliphatic imine (C=N–C) groups is 4. The minimum Gasteiger partial charge on any atom is -0.352 e. The normalized spacial score (nSPS) is 36.7. The van der Waals surface area contributed by atoms with E-state index in [1.807, 2.05) is 19.5 Å². The number of hydrogen-bond acceptors (Lipinski definition) is 7. The van der Waals surface area contributed by atoms with Crippen molar-refractivity contribution < 1.29 is 18.0 Å². The SMILES string of the molecule is CNC1N=CC=NC1C1CCC2NC(=NC3CC(CN4CCN(C(=O)CC(F)(F)F)CC4)CC=N3)NC2C1. The first-order chi connectivity index (χ1) is 18.3. The molecule has 7 unspecified atom stereocenters. The molecule has 10 nitrogen and oxygen atoms in total. The molecule has 2 saturated heterocycles. The molecule has 0 aromatic heterocycles. The van der Waals surface area contributed by atoms with E-state index >= 15 is 0 Å². The zero-order valence-corrected chi connectivity index (χ0v) is 21.8. The minimum atomic E-state index is -4.46. The second-order valence-corrected chi connectivity index (χ2v) is 11.0. The molecule has 1 amide bonds. The Morgan fingerprint density at radius 3 is 2.61 bits per heavy atom. The predicted molar refractivity (Wildman–Crippen MR) is 141 cm³/mol. The summed E-state index contributed by atoms with van der Waals surface area (Å²) in [4.78, 5) is 34.2. The molecular weight excluding hydrogens is 499 g/mol. The topological polar surface area (TPSA) is 109 Å². The second kappa shape index (κ2) is 11.7. The molecule has 0 aromatic carbocycles. The number of rotatable bonds is 6. The van der Waals surface area contributed by atoms with Crippen molar-refractivity contribution in [3.05, 3.63) is 0 Å². The van der Waals surface area contributed by atoms with Gasteiger partial charge in [-0.2, -0.15) is 13.2 Å². The Bertz CT molecular complexity index is 960. The largest absolute Gasteiger partial charge is 0.397 e. The number of fused-ring (bicyclic) bond motifs is 1. The maximum absolute atomic E-state index is 12.5. The number of amides is 1. The smallest absolute Gasteiger partial charge is 0.352 e. The van der Waals surface area contributed by atoms with E-state index in [0.717, 1.165) is 44.6 Å². The maximum atomic E-state index is 12.5. The fourth-order valence-corrected chi connectivity index (χ4v) is 6.38. The summed E-state index contributed by atoms with van der Waals surface area (Å²) >= 11 is 0. The number of alkyl halides is 3. The van der Waals surface area contributed by atoms with Crippen molar-refractivity contribution in [3.8, 4) is 0 Å². The predicted octanol–water partition coefficient (Wildman–Crippen LogP) is 1.05. The van der Waals surface area contributed by atoms with Crippen molar-refractivity contribution in [1.82, 2.24) is 25.8 Å². The Balaban J connectivity index is 1.08. The molecule has 1 saturated carbocycles. The number of piperazine rings is 1. The third-order valence-electron chi connectivity index (χ3n) is 8.34. The van der Waals surface area contributed by atoms with Gasteiger partial charge in [0.15, 0.2) is 5.96 Å². The molecule has 0 bridgehead atoms. The third kappa shape index (κ3) is 6.71. The lowest BCUT2D eigenvalue weighted by Crippen LogP contribution is -2.50. The first kappa shape index (κ1) is 27.0. The number of carbonyl (C=O) groups is 1. The molecule has 7 atom stereocenters. The summed E-state index contributed by atoms with van der Waals surface area (Å²) < 4.78 is 37.6. The molecular formula is C25H38F3N9O. The molecule has 210 valence electrons. The van der Waals surface area contributed by atoms with E-state index in [9.17, 15) is 18.0 Å². The van der Waals surface area contributed by atoms with Crippen molar-refractivity contribution in [2.24, 2.45) is 31.8 Å². The fraction of sp³-hybridized carbons (Fsp3) is 0.800. The van der Waals surface area contributed by atoms with Crippen LogP contribution in [0.25, 0.3) is 0 Å². The van der Waals surface area contributed by atoms with Gasteiger partial charge in [0.25, 0.3) is 0 Å². The minimum absolute atomic E-state index is 0.0286. The highest BCUT2D eigenvalue weighted by Crippen LogP contribution is 2.33. The quantitative estimate of drug-likeness (QED) is 0.469. The summed E-state index contributed by atoms with van der Waals surface area (Å²) in [7, 11) is 1.93. The summed E-state index contributed by atoms with van der Waals surface area (Å²) in [5, 5.41) is 10.4. The maximum Gasteiger partial charge on any atom is 0.397 e. The zero-order chi connectivity index (χ0) is 26.7. The van der Waals surface area contributed by atoms with Crippen molar-refractivity contribution in [2.75, 3.05) is 39.8 Å². The Kier molecular flexibility index (Phi) is 8.32. The number of hydrogen-bond donors (Lipinski definition) is 3. The van der Waals surface area contributed by atoms with E-state index in [2.05, 4.69) is 30.8 Å². The molecule has 0 radical (unpaired) electrons. The third-order valence-corrected chi connectivity index (χ3v) is 8.34. The number of likely N-dealkylation sites (N-methyl/N-ethyl adjacent to an activating group) is 1. The Morgan fingerprint density at radius 1 is 1.08 bits per heavy atom. The summed E-state index contributed by atoms with van der Waals surface area (Å²) in [5.74, 6) is 0.812. The van der Waals surface area contributed by atoms with Gasteiger partial charge < -0.3 is 15.5 Å². The average molecular weight is 538 g/mol. The number of guanidine groups is 1. The van der Waals surface area contributed by atoms with Crippen LogP contribution in [0.15, 0.2) is 20.0 Å². The van der Waals surface area contributed by atoms with Crippen molar-refractivity contribution >= 4 is 30.5 Å². The summed E-state index contributed by atoms with van der Waals surface area (Å²) in [6.45, 7) is 2.70. The molecule has 13 heteroatoms. The van der Waals surface area contributed by atoms with Gasteiger partial charge in [-0.3, -0.25) is 30.0 Å². The summed E-state index contributed by atoms with van der Waals surface area (Å²) in [6, 6.07) is 0.821. The molecule has 4 heterocycles. The number of halogens is 3. The van der Waals surface area contributed by atoms with Gasteiger partial charge in [0.2, 0.25) is 5.91 Å². The lowest BCUT2D eigenvalue weighted by atomic mass is 9.78. The standard InChI is InChI=1S/C25H38F3N9O/c1-29-23-22(31-6-7-32-23)17-2-3-18-19(13-17)34-24(33-18)35-20-12-16(4-5-30-20)15-36-8-10-37(11-9-36)21(38)14-25(26,27)28/h5-7,16-20,22-23,29H,2-4,8-15H2,1H3,(H2,33,34,35). The van der Waals surface area contributed by atoms with E-state index in [1.165, 1.54) is 4.90 Å². The van der Waals surface area contributed by atoms with Crippen LogP contribution in [-0.2, 0) is 4.79 Å². The van der Waals surface area contributed by atoms with Gasteiger partial charge in [-0.05, 0) is 51.0 Å². The van der Waals surface area contributed by atoms with Gasteiger partial charge in [0.05, 0.1) is 6.04 Å². The molecule has 4 aliphatic heterocycles. The number of nitrogens with zero attached hydrogens (tertiary/aromatic N) is 6. The van der Waals surface area contributed by atoms with E-state index in [4.69, 9.17) is 9.98 Å². The van der Waals surface area contributed by atoms with Crippen LogP contribution < -0.4 is 16.0 Å². The van der Waals surface area contributed by atoms with Gasteiger partial charge in [-0.1, -0.05) is 0 Å². The Hall–Kier alpha value is -2.54. The molecule has 0 aromatic rings. The van der Waals surface area contributed by atoms with Gasteiger partial charge in [0, 0.05) is 63.5 Å². The Labute approximate surface area is 221 Å². The van der Waals surface area contributed by atoms with Gasteiger partial charge in [-0.25, -0.2) is 4.99 Å². The van der Waals surface area contributed by atoms with Gasteiger partial charge in [-0.15, -0.1) is 0 Å². The highest BCUT2D eigenvalue weighted by Gasteiger charge is 2.41. The van der Waals surface area contributed by atoms with Gasteiger partial charge >= 0.3 is 6.18 Å². The molecule has 1 aliphatic carbocycles. The highest BCUT2D eigenvalue weighted by atomic mass is 19.4. The van der Waals surface area contributed by atoms with Crippen LogP contribution in [-0.4, -0.2) is 117 Å². The monoisotopic (exact) mass is 537 g/mol. The molecule has 3 fully saturated rings. The lowest BCUT2D eigenvalue weighted by molar-refractivity contribution is -0.162. The zero-order valence-electron chi connectivity index (χ0n) is 21.8. The van der Waals surface area contributed by atoms with Crippen molar-refractivity contribution in [3.63, 3.8) is 0 Å². The van der Waals surface area contributed by atoms with Gasteiger partial charge in [0.1, 0.15) is 18.8 Å². The summed E-state index contributed by atoms with van der Waals surface area (Å²) in [5.41, 5.74) is 0. The number of carbonyl (C=O) groups excluding carboxylic acids is 1. The molecule has 3 N–H and O–H groups in total. The molecule has 5 rings (SSSR count). The van der Waals surface area contributed by atoms with Crippen LogP contribution in [0, 0.1) is 11.8 Å². The van der Waals surface area contributed by atoms with Crippen LogP contribution in [0.5, 0.6) is 0 Å². The first-order valence-electron chi connectivity index (χ1n) is 13.7. The van der Waals surface area contributed by atoms with E-state index in [1.54, 1.807) is 6.21 Å². The van der Waals surface area contributed by atoms with Crippen LogP contribution >= 0.6 is 0 Å². The molecule has 5 aliphatic rings. The van der Waals surface area contributed by atoms with Crippen molar-refractivity contribution in [1.29, 1.82) is 0 Å². The number of nitrogens with one attached hydrogen (secondary N) is 3. The second-order valence-electron chi connectivity index (χ2n) is 11.0. The van der Waals surface area contributed by atoms with Crippen LogP contribution in [0.2, 0.25) is 0 Å². The molecule has 0 spiro atoms. The van der Waals surface area contributed by atoms with E-state index < -0.39 is 18.5 Å². The molecule has 38 heavy (non-hydrogen) atoms. The van der Waals surface area contributed by atoms with Crippen molar-refractivity contribution in [2.45, 2.75) is 75.2 Å². The lowest BCUT2D eigenvalue weighted by Gasteiger charge is -2.37. The summed E-state index contributed by atoms with van der Waals surface area (Å²) in [6.07, 6.45) is 4.42. The average Bonchev–Trinajstić information content (AvgIpc) is 3.29. The highest BCUT2D eigenvalue weighted by molar-refractivity contribution is 6.16. The van der Waals surface area contributed by atoms with Crippen LogP contribution in [0.4, 0.5) is 13.2 Å².